The second-order valence-electron chi connectivity index (χ2n) is 8.05. The van der Waals surface area contributed by atoms with E-state index in [2.05, 4.69) is 10.2 Å². The normalized spacial score (nSPS) is 13.4. The molecule has 5 nitrogen and oxygen atoms in total. The third kappa shape index (κ3) is 6.21. The van der Waals surface area contributed by atoms with Gasteiger partial charge in [-0.25, -0.2) is 0 Å². The Balaban J connectivity index is 1.57. The molecule has 0 saturated carbocycles. The summed E-state index contributed by atoms with van der Waals surface area (Å²) in [5.41, 5.74) is 5.35. The van der Waals surface area contributed by atoms with Gasteiger partial charge in [0.2, 0.25) is 0 Å². The van der Waals surface area contributed by atoms with Crippen molar-refractivity contribution in [1.82, 2.24) is 10.2 Å². The summed E-state index contributed by atoms with van der Waals surface area (Å²) in [6, 6.07) is 20.7. The van der Waals surface area contributed by atoms with Crippen LogP contribution in [0.5, 0.6) is 5.75 Å². The SMILES string of the molecule is C[C@](N)(CO)c1nnc(-c2ccc(Sc3cccc(OCc4ccccc4)c3)c(C(F)(F)F)c2)s1. The van der Waals surface area contributed by atoms with Gasteiger partial charge in [-0.15, -0.1) is 10.2 Å². The highest BCUT2D eigenvalue weighted by Gasteiger charge is 2.34. The van der Waals surface area contributed by atoms with Crippen molar-refractivity contribution in [2.24, 2.45) is 5.73 Å². The molecule has 0 unspecified atom stereocenters. The van der Waals surface area contributed by atoms with E-state index in [0.717, 1.165) is 34.7 Å². The Kier molecular flexibility index (Phi) is 7.46. The smallest absolute Gasteiger partial charge is 0.417 e. The predicted octanol–water partition coefficient (Wildman–Crippen LogP) is 6.12. The van der Waals surface area contributed by atoms with Crippen LogP contribution in [0.2, 0.25) is 0 Å². The fourth-order valence-electron chi connectivity index (χ4n) is 3.11. The summed E-state index contributed by atoms with van der Waals surface area (Å²) in [5, 5.41) is 18.0. The van der Waals surface area contributed by atoms with E-state index in [-0.39, 0.29) is 17.1 Å². The summed E-state index contributed by atoms with van der Waals surface area (Å²) >= 11 is 2.06. The summed E-state index contributed by atoms with van der Waals surface area (Å²) in [6.07, 6.45) is -4.57. The molecule has 0 fully saturated rings. The molecule has 182 valence electrons. The van der Waals surface area contributed by atoms with Crippen LogP contribution in [-0.2, 0) is 18.3 Å². The number of nitrogens with two attached hydrogens (primary N) is 1. The minimum Gasteiger partial charge on any atom is -0.489 e. The van der Waals surface area contributed by atoms with Crippen LogP contribution in [-0.4, -0.2) is 21.9 Å². The highest BCUT2D eigenvalue weighted by molar-refractivity contribution is 7.99. The highest BCUT2D eigenvalue weighted by atomic mass is 32.2. The first-order valence-corrected chi connectivity index (χ1v) is 12.2. The molecular weight excluding hydrogens is 495 g/mol. The molecule has 0 radical (unpaired) electrons. The van der Waals surface area contributed by atoms with Crippen molar-refractivity contribution in [2.75, 3.05) is 6.61 Å². The number of ether oxygens (including phenoxy) is 1. The molecule has 1 heterocycles. The summed E-state index contributed by atoms with van der Waals surface area (Å²) in [4.78, 5) is 0.680. The van der Waals surface area contributed by atoms with Crippen LogP contribution >= 0.6 is 23.1 Å². The maximum atomic E-state index is 14.0. The Labute approximate surface area is 208 Å². The Hall–Kier alpha value is -2.92. The third-order valence-corrected chi connectivity index (χ3v) is 7.37. The fourth-order valence-corrected chi connectivity index (χ4v) is 4.99. The van der Waals surface area contributed by atoms with Gasteiger partial charge in [-0.3, -0.25) is 0 Å². The van der Waals surface area contributed by atoms with E-state index in [1.165, 1.54) is 6.07 Å². The van der Waals surface area contributed by atoms with E-state index in [4.69, 9.17) is 10.5 Å². The first-order chi connectivity index (χ1) is 16.7. The Morgan fingerprint density at radius 1 is 1.00 bits per heavy atom. The number of hydrogen-bond acceptors (Lipinski definition) is 7. The highest BCUT2D eigenvalue weighted by Crippen LogP contribution is 2.42. The van der Waals surface area contributed by atoms with E-state index in [1.807, 2.05) is 30.3 Å². The second-order valence-corrected chi connectivity index (χ2v) is 10.1. The van der Waals surface area contributed by atoms with Crippen molar-refractivity contribution in [3.63, 3.8) is 0 Å². The van der Waals surface area contributed by atoms with Crippen molar-refractivity contribution in [3.8, 4) is 16.3 Å². The van der Waals surface area contributed by atoms with Gasteiger partial charge in [0.15, 0.2) is 0 Å². The average Bonchev–Trinajstić information content (AvgIpc) is 3.35. The molecule has 0 spiro atoms. The van der Waals surface area contributed by atoms with Crippen molar-refractivity contribution in [2.45, 2.75) is 35.0 Å². The number of benzene rings is 3. The predicted molar refractivity (Wildman–Crippen MR) is 130 cm³/mol. The number of alkyl halides is 3. The van der Waals surface area contributed by atoms with Crippen molar-refractivity contribution in [3.05, 3.63) is 88.9 Å². The molecule has 4 rings (SSSR count). The van der Waals surface area contributed by atoms with Crippen LogP contribution in [0.3, 0.4) is 0 Å². The Morgan fingerprint density at radius 3 is 2.49 bits per heavy atom. The van der Waals surface area contributed by atoms with Crippen molar-refractivity contribution in [1.29, 1.82) is 0 Å². The zero-order chi connectivity index (χ0) is 25.1. The largest absolute Gasteiger partial charge is 0.489 e. The minimum atomic E-state index is -4.57. The summed E-state index contributed by atoms with van der Waals surface area (Å²) in [5.74, 6) is 0.569. The number of aliphatic hydroxyl groups is 1. The summed E-state index contributed by atoms with van der Waals surface area (Å²) in [6.45, 7) is 1.58. The Bertz CT molecular complexity index is 1290. The molecule has 0 amide bonds. The van der Waals surface area contributed by atoms with Crippen LogP contribution < -0.4 is 10.5 Å². The topological polar surface area (TPSA) is 81.3 Å². The van der Waals surface area contributed by atoms with Gasteiger partial charge in [0.25, 0.3) is 0 Å². The number of rotatable bonds is 8. The van der Waals surface area contributed by atoms with Crippen LogP contribution in [0.4, 0.5) is 13.2 Å². The van der Waals surface area contributed by atoms with Crippen LogP contribution in [0, 0.1) is 0 Å². The summed E-state index contributed by atoms with van der Waals surface area (Å²) in [7, 11) is 0. The molecule has 0 aliphatic carbocycles. The van der Waals surface area contributed by atoms with Crippen LogP contribution in [0.1, 0.15) is 23.1 Å². The van der Waals surface area contributed by atoms with E-state index < -0.39 is 17.3 Å². The molecule has 1 aromatic heterocycles. The summed E-state index contributed by atoms with van der Waals surface area (Å²) < 4.78 is 47.7. The van der Waals surface area contributed by atoms with Gasteiger partial charge in [0, 0.05) is 15.4 Å². The third-order valence-electron chi connectivity index (χ3n) is 5.06. The molecule has 0 bridgehead atoms. The lowest BCUT2D eigenvalue weighted by Crippen LogP contribution is -2.36. The van der Waals surface area contributed by atoms with E-state index in [1.54, 1.807) is 37.3 Å². The number of aliphatic hydroxyl groups excluding tert-OH is 1. The zero-order valence-electron chi connectivity index (χ0n) is 18.6. The van der Waals surface area contributed by atoms with E-state index in [9.17, 15) is 18.3 Å². The van der Waals surface area contributed by atoms with E-state index >= 15 is 0 Å². The van der Waals surface area contributed by atoms with Gasteiger partial charge in [-0.1, -0.05) is 65.6 Å². The van der Waals surface area contributed by atoms with Crippen molar-refractivity contribution >= 4 is 23.1 Å². The monoisotopic (exact) mass is 517 g/mol. The molecule has 0 saturated heterocycles. The molecule has 0 aliphatic rings. The lowest BCUT2D eigenvalue weighted by atomic mass is 10.1. The molecule has 10 heteroatoms. The van der Waals surface area contributed by atoms with Gasteiger partial charge in [-0.05, 0) is 42.8 Å². The lowest BCUT2D eigenvalue weighted by molar-refractivity contribution is -0.139. The van der Waals surface area contributed by atoms with Crippen molar-refractivity contribution < 1.29 is 23.0 Å². The minimum absolute atomic E-state index is 0.0604. The van der Waals surface area contributed by atoms with Gasteiger partial charge in [0.1, 0.15) is 22.4 Å². The number of aromatic nitrogens is 2. The molecule has 4 aromatic rings. The Morgan fingerprint density at radius 2 is 1.77 bits per heavy atom. The molecule has 3 aromatic carbocycles. The lowest BCUT2D eigenvalue weighted by Gasteiger charge is -2.17. The number of nitrogens with zero attached hydrogens (tertiary/aromatic N) is 2. The molecule has 0 aliphatic heterocycles. The van der Waals surface area contributed by atoms with E-state index in [0.29, 0.717) is 27.3 Å². The second kappa shape index (κ2) is 10.4. The zero-order valence-corrected chi connectivity index (χ0v) is 20.3. The first-order valence-electron chi connectivity index (χ1n) is 10.6. The molecule has 3 N–H and O–H groups in total. The number of hydrogen-bond donors (Lipinski definition) is 2. The standard InChI is InChI=1S/C25H22F3N3O2S2/c1-24(29,15-32)23-31-30-22(35-23)17-10-11-21(20(12-17)25(26,27)28)34-19-9-5-8-18(13-19)33-14-16-6-3-2-4-7-16/h2-13,32H,14-15,29H2,1H3/t24-/m0/s1. The van der Waals surface area contributed by atoms with Crippen LogP contribution in [0.25, 0.3) is 10.6 Å². The number of halogens is 3. The fraction of sp³-hybridized carbons (Fsp3) is 0.200. The van der Waals surface area contributed by atoms with Gasteiger partial charge in [-0.2, -0.15) is 13.2 Å². The molecular formula is C25H22F3N3O2S2. The van der Waals surface area contributed by atoms with Gasteiger partial charge in [0.05, 0.1) is 17.7 Å². The first kappa shape index (κ1) is 25.2. The molecule has 35 heavy (non-hydrogen) atoms. The van der Waals surface area contributed by atoms with Gasteiger partial charge < -0.3 is 15.6 Å². The maximum absolute atomic E-state index is 14.0. The average molecular weight is 518 g/mol. The quantitative estimate of drug-likeness (QED) is 0.293. The van der Waals surface area contributed by atoms with Gasteiger partial charge >= 0.3 is 6.18 Å². The molecule has 1 atom stereocenters. The maximum Gasteiger partial charge on any atom is 0.417 e. The van der Waals surface area contributed by atoms with Crippen LogP contribution in [0.15, 0.2) is 82.6 Å².